The van der Waals surface area contributed by atoms with Crippen molar-refractivity contribution >= 4 is 17.2 Å². The van der Waals surface area contributed by atoms with E-state index in [-0.39, 0.29) is 0 Å². The van der Waals surface area contributed by atoms with Crippen molar-refractivity contribution in [2.45, 2.75) is 0 Å². The Balaban J connectivity index is 1.68. The summed E-state index contributed by atoms with van der Waals surface area (Å²) in [7, 11) is 0. The summed E-state index contributed by atoms with van der Waals surface area (Å²) in [4.78, 5) is 4.04. The molecule has 0 aliphatic heterocycles. The lowest BCUT2D eigenvalue weighted by atomic mass is 10.3. The lowest BCUT2D eigenvalue weighted by molar-refractivity contribution is 0.483. The molecular formula is C17H15N3O. The van der Waals surface area contributed by atoms with Crippen molar-refractivity contribution in [1.29, 1.82) is 0 Å². The van der Waals surface area contributed by atoms with E-state index in [0.717, 1.165) is 22.9 Å². The molecule has 2 aromatic carbocycles. The average molecular weight is 277 g/mol. The van der Waals surface area contributed by atoms with Gasteiger partial charge in [0.25, 0.3) is 0 Å². The molecule has 0 saturated carbocycles. The molecule has 3 aromatic rings. The Labute approximate surface area is 123 Å². The van der Waals surface area contributed by atoms with E-state index in [1.54, 1.807) is 12.3 Å². The lowest BCUT2D eigenvalue weighted by Gasteiger charge is -2.08. The summed E-state index contributed by atoms with van der Waals surface area (Å²) in [5.41, 5.74) is 7.41. The Morgan fingerprint density at radius 1 is 0.762 bits per heavy atom. The first-order valence-corrected chi connectivity index (χ1v) is 6.61. The molecule has 104 valence electrons. The Bertz CT molecular complexity index is 694. The summed E-state index contributed by atoms with van der Waals surface area (Å²) in [6.45, 7) is 0. The van der Waals surface area contributed by atoms with Crippen LogP contribution in [0.4, 0.5) is 17.2 Å². The number of anilines is 3. The molecule has 21 heavy (non-hydrogen) atoms. The third-order valence-electron chi connectivity index (χ3n) is 2.91. The quantitative estimate of drug-likeness (QED) is 0.750. The van der Waals surface area contributed by atoms with Gasteiger partial charge in [-0.15, -0.1) is 0 Å². The van der Waals surface area contributed by atoms with Gasteiger partial charge >= 0.3 is 0 Å². The molecule has 0 aliphatic carbocycles. The number of benzene rings is 2. The highest BCUT2D eigenvalue weighted by molar-refractivity contribution is 5.60. The summed E-state index contributed by atoms with van der Waals surface area (Å²) >= 11 is 0. The summed E-state index contributed by atoms with van der Waals surface area (Å²) in [6.07, 6.45) is 1.70. The SMILES string of the molecule is Nc1ccc(Nc2ccc(Oc3ccccc3)cc2)cn1. The highest BCUT2D eigenvalue weighted by Gasteiger charge is 1.98. The number of hydrogen-bond acceptors (Lipinski definition) is 4. The van der Waals surface area contributed by atoms with Crippen molar-refractivity contribution in [1.82, 2.24) is 4.98 Å². The molecule has 0 bridgehead atoms. The van der Waals surface area contributed by atoms with Gasteiger partial charge < -0.3 is 15.8 Å². The molecule has 0 radical (unpaired) electrons. The van der Waals surface area contributed by atoms with Crippen LogP contribution in [0.5, 0.6) is 11.5 Å². The minimum atomic E-state index is 0.507. The number of hydrogen-bond donors (Lipinski definition) is 2. The maximum Gasteiger partial charge on any atom is 0.127 e. The van der Waals surface area contributed by atoms with Gasteiger partial charge in [0.1, 0.15) is 17.3 Å². The average Bonchev–Trinajstić information content (AvgIpc) is 2.53. The predicted octanol–water partition coefficient (Wildman–Crippen LogP) is 4.20. The fraction of sp³-hybridized carbons (Fsp3) is 0. The third-order valence-corrected chi connectivity index (χ3v) is 2.91. The minimum Gasteiger partial charge on any atom is -0.457 e. The zero-order chi connectivity index (χ0) is 14.5. The molecule has 0 atom stereocenters. The summed E-state index contributed by atoms with van der Waals surface area (Å²) in [5.74, 6) is 2.12. The Morgan fingerprint density at radius 2 is 1.43 bits per heavy atom. The van der Waals surface area contributed by atoms with Crippen LogP contribution in [0.2, 0.25) is 0 Å². The van der Waals surface area contributed by atoms with E-state index in [2.05, 4.69) is 10.3 Å². The van der Waals surface area contributed by atoms with Crippen LogP contribution in [-0.2, 0) is 0 Å². The second-order valence-corrected chi connectivity index (χ2v) is 4.54. The van der Waals surface area contributed by atoms with Crippen molar-refractivity contribution < 1.29 is 4.74 Å². The first-order valence-electron chi connectivity index (χ1n) is 6.61. The van der Waals surface area contributed by atoms with Gasteiger partial charge in [0.05, 0.1) is 11.9 Å². The van der Waals surface area contributed by atoms with E-state index in [1.165, 1.54) is 0 Å². The molecule has 1 aromatic heterocycles. The van der Waals surface area contributed by atoms with Crippen LogP contribution in [0.3, 0.4) is 0 Å². The Hall–Kier alpha value is -3.01. The Morgan fingerprint density at radius 3 is 2.10 bits per heavy atom. The number of nitrogens with one attached hydrogen (secondary N) is 1. The number of nitrogen functional groups attached to an aromatic ring is 1. The standard InChI is InChI=1S/C17H15N3O/c18-17-11-8-14(12-19-17)20-13-6-9-16(10-7-13)21-15-4-2-1-3-5-15/h1-12,20H,(H2,18,19). The third kappa shape index (κ3) is 3.51. The van der Waals surface area contributed by atoms with Crippen LogP contribution < -0.4 is 15.8 Å². The van der Waals surface area contributed by atoms with Crippen LogP contribution in [0.1, 0.15) is 0 Å². The van der Waals surface area contributed by atoms with E-state index in [1.807, 2.05) is 60.7 Å². The van der Waals surface area contributed by atoms with Gasteiger partial charge in [0.15, 0.2) is 0 Å². The first-order chi connectivity index (χ1) is 10.3. The maximum absolute atomic E-state index is 5.74. The normalized spacial score (nSPS) is 10.1. The van der Waals surface area contributed by atoms with E-state index < -0.39 is 0 Å². The number of para-hydroxylation sites is 1. The number of ether oxygens (including phenoxy) is 1. The molecule has 4 heteroatoms. The molecule has 0 unspecified atom stereocenters. The van der Waals surface area contributed by atoms with Gasteiger partial charge in [-0.25, -0.2) is 4.98 Å². The van der Waals surface area contributed by atoms with Crippen LogP contribution in [-0.4, -0.2) is 4.98 Å². The van der Waals surface area contributed by atoms with E-state index in [9.17, 15) is 0 Å². The van der Waals surface area contributed by atoms with Gasteiger partial charge in [-0.2, -0.15) is 0 Å². The zero-order valence-electron chi connectivity index (χ0n) is 11.4. The highest BCUT2D eigenvalue weighted by atomic mass is 16.5. The van der Waals surface area contributed by atoms with Crippen molar-refractivity contribution in [3.05, 3.63) is 72.9 Å². The van der Waals surface area contributed by atoms with Crippen molar-refractivity contribution in [2.24, 2.45) is 0 Å². The summed E-state index contributed by atoms with van der Waals surface area (Å²) < 4.78 is 5.74. The molecule has 0 aliphatic rings. The molecule has 3 rings (SSSR count). The minimum absolute atomic E-state index is 0.507. The van der Waals surface area contributed by atoms with Gasteiger partial charge in [-0.3, -0.25) is 0 Å². The monoisotopic (exact) mass is 277 g/mol. The van der Waals surface area contributed by atoms with Crippen LogP contribution in [0.15, 0.2) is 72.9 Å². The topological polar surface area (TPSA) is 60.2 Å². The zero-order valence-corrected chi connectivity index (χ0v) is 11.4. The fourth-order valence-corrected chi connectivity index (χ4v) is 1.88. The largest absolute Gasteiger partial charge is 0.457 e. The van der Waals surface area contributed by atoms with Gasteiger partial charge in [0, 0.05) is 5.69 Å². The lowest BCUT2D eigenvalue weighted by Crippen LogP contribution is -1.93. The van der Waals surface area contributed by atoms with Crippen LogP contribution in [0, 0.1) is 0 Å². The number of aromatic nitrogens is 1. The molecule has 3 N–H and O–H groups in total. The van der Waals surface area contributed by atoms with Crippen molar-refractivity contribution in [3.8, 4) is 11.5 Å². The molecule has 0 saturated heterocycles. The van der Waals surface area contributed by atoms with E-state index >= 15 is 0 Å². The second kappa shape index (κ2) is 5.96. The van der Waals surface area contributed by atoms with Gasteiger partial charge in [0.2, 0.25) is 0 Å². The first kappa shape index (κ1) is 13.0. The predicted molar refractivity (Wildman–Crippen MR) is 84.9 cm³/mol. The molecule has 0 fully saturated rings. The molecular weight excluding hydrogens is 262 g/mol. The van der Waals surface area contributed by atoms with E-state index in [4.69, 9.17) is 10.5 Å². The number of rotatable bonds is 4. The molecule has 0 amide bonds. The number of nitrogens with two attached hydrogens (primary N) is 1. The summed E-state index contributed by atoms with van der Waals surface area (Å²) in [5, 5.41) is 3.25. The van der Waals surface area contributed by atoms with Gasteiger partial charge in [-0.1, -0.05) is 18.2 Å². The fourth-order valence-electron chi connectivity index (χ4n) is 1.88. The number of nitrogens with zero attached hydrogens (tertiary/aromatic N) is 1. The Kier molecular flexibility index (Phi) is 3.69. The molecule has 4 nitrogen and oxygen atoms in total. The summed E-state index contributed by atoms with van der Waals surface area (Å²) in [6, 6.07) is 21.1. The van der Waals surface area contributed by atoms with Crippen molar-refractivity contribution in [2.75, 3.05) is 11.1 Å². The molecule has 1 heterocycles. The maximum atomic E-state index is 5.74. The smallest absolute Gasteiger partial charge is 0.127 e. The molecule has 0 spiro atoms. The van der Waals surface area contributed by atoms with Gasteiger partial charge in [-0.05, 0) is 48.5 Å². The second-order valence-electron chi connectivity index (χ2n) is 4.54. The van der Waals surface area contributed by atoms with Crippen molar-refractivity contribution in [3.63, 3.8) is 0 Å². The van der Waals surface area contributed by atoms with Crippen LogP contribution >= 0.6 is 0 Å². The highest BCUT2D eigenvalue weighted by Crippen LogP contribution is 2.24. The van der Waals surface area contributed by atoms with Crippen LogP contribution in [0.25, 0.3) is 0 Å². The number of pyridine rings is 1. The van der Waals surface area contributed by atoms with E-state index in [0.29, 0.717) is 5.82 Å².